The molecule has 2 nitrogen and oxygen atoms in total. The molecule has 0 unspecified atom stereocenters. The molecule has 0 heterocycles. The lowest BCUT2D eigenvalue weighted by atomic mass is 9.88. The van der Waals surface area contributed by atoms with Gasteiger partial charge < -0.3 is 5.32 Å². The highest BCUT2D eigenvalue weighted by molar-refractivity contribution is 6.30. The summed E-state index contributed by atoms with van der Waals surface area (Å²) in [5, 5.41) is 3.81. The zero-order valence-electron chi connectivity index (χ0n) is 10.8. The Morgan fingerprint density at radius 3 is 2.50 bits per heavy atom. The van der Waals surface area contributed by atoms with Crippen molar-refractivity contribution in [1.29, 1.82) is 0 Å². The topological polar surface area (TPSA) is 29.1 Å². The van der Waals surface area contributed by atoms with Crippen molar-refractivity contribution in [3.8, 4) is 0 Å². The van der Waals surface area contributed by atoms with Gasteiger partial charge in [0.15, 0.2) is 0 Å². The second kappa shape index (κ2) is 5.75. The molecule has 1 aliphatic rings. The van der Waals surface area contributed by atoms with Crippen LogP contribution in [0.15, 0.2) is 24.3 Å². The maximum Gasteiger partial charge on any atom is 0.225 e. The Balaban J connectivity index is 1.78. The van der Waals surface area contributed by atoms with Gasteiger partial charge in [-0.3, -0.25) is 4.79 Å². The monoisotopic (exact) mass is 265 g/mol. The second-order valence-corrected chi connectivity index (χ2v) is 5.84. The van der Waals surface area contributed by atoms with E-state index >= 15 is 0 Å². The fourth-order valence-electron chi connectivity index (χ4n) is 2.57. The molecular weight excluding hydrogens is 246 g/mol. The van der Waals surface area contributed by atoms with E-state index in [1.165, 1.54) is 18.4 Å². The number of carbonyl (C=O) groups excluding carboxylic acids is 1. The molecule has 3 heteroatoms. The highest BCUT2D eigenvalue weighted by Gasteiger charge is 2.35. The molecule has 0 spiro atoms. The predicted molar refractivity (Wildman–Crippen MR) is 74.7 cm³/mol. The Kier molecular flexibility index (Phi) is 4.28. The Morgan fingerprint density at radius 1 is 1.28 bits per heavy atom. The van der Waals surface area contributed by atoms with Gasteiger partial charge >= 0.3 is 0 Å². The molecule has 0 aliphatic heterocycles. The number of benzene rings is 1. The average Bonchev–Trinajstić information content (AvgIpc) is 2.80. The summed E-state index contributed by atoms with van der Waals surface area (Å²) in [7, 11) is 0. The summed E-state index contributed by atoms with van der Waals surface area (Å²) in [5.74, 6) is 0.217. The molecule has 0 saturated heterocycles. The Morgan fingerprint density at radius 2 is 1.89 bits per heavy atom. The largest absolute Gasteiger partial charge is 0.355 e. The predicted octanol–water partition coefficient (Wildman–Crippen LogP) is 3.58. The first-order valence-corrected chi connectivity index (χ1v) is 7.01. The van der Waals surface area contributed by atoms with E-state index in [0.717, 1.165) is 24.3 Å². The van der Waals surface area contributed by atoms with Crippen molar-refractivity contribution in [3.05, 3.63) is 34.9 Å². The average molecular weight is 266 g/mol. The van der Waals surface area contributed by atoms with Crippen LogP contribution in [0.3, 0.4) is 0 Å². The minimum atomic E-state index is -0.125. The molecular formula is C15H20ClNO. The lowest BCUT2D eigenvalue weighted by Crippen LogP contribution is -2.38. The lowest BCUT2D eigenvalue weighted by molar-refractivity contribution is -0.129. The summed E-state index contributed by atoms with van der Waals surface area (Å²) in [4.78, 5) is 12.1. The van der Waals surface area contributed by atoms with Gasteiger partial charge in [-0.05, 0) is 37.0 Å². The minimum Gasteiger partial charge on any atom is -0.355 e. The molecule has 98 valence electrons. The number of halogens is 1. The van der Waals surface area contributed by atoms with Gasteiger partial charge in [0.25, 0.3) is 0 Å². The lowest BCUT2D eigenvalue weighted by Gasteiger charge is -2.22. The SMILES string of the molecule is CC1(C(=O)NCCc2ccc(Cl)cc2)CCCC1. The molecule has 18 heavy (non-hydrogen) atoms. The number of hydrogen-bond acceptors (Lipinski definition) is 1. The Labute approximate surface area is 114 Å². The van der Waals surface area contributed by atoms with Crippen molar-refractivity contribution in [2.24, 2.45) is 5.41 Å². The summed E-state index contributed by atoms with van der Waals surface area (Å²) in [6.07, 6.45) is 5.28. The molecule has 1 aliphatic carbocycles. The Bertz CT molecular complexity index is 407. The van der Waals surface area contributed by atoms with Crippen LogP contribution in [0, 0.1) is 5.41 Å². The molecule has 1 N–H and O–H groups in total. The van der Waals surface area contributed by atoms with Gasteiger partial charge in [0.05, 0.1) is 0 Å². The van der Waals surface area contributed by atoms with Crippen LogP contribution in [0.1, 0.15) is 38.2 Å². The standard InChI is InChI=1S/C15H20ClNO/c1-15(9-2-3-10-15)14(18)17-11-8-12-4-6-13(16)7-5-12/h4-7H,2-3,8-11H2,1H3,(H,17,18). The van der Waals surface area contributed by atoms with E-state index in [2.05, 4.69) is 12.2 Å². The van der Waals surface area contributed by atoms with Crippen molar-refractivity contribution in [1.82, 2.24) is 5.32 Å². The Hall–Kier alpha value is -1.02. The molecule has 1 aromatic rings. The van der Waals surface area contributed by atoms with Crippen molar-refractivity contribution >= 4 is 17.5 Å². The normalized spacial score (nSPS) is 17.7. The van der Waals surface area contributed by atoms with Gasteiger partial charge in [-0.25, -0.2) is 0 Å². The van der Waals surface area contributed by atoms with E-state index in [1.807, 2.05) is 24.3 Å². The molecule has 0 radical (unpaired) electrons. The third kappa shape index (κ3) is 3.26. The smallest absolute Gasteiger partial charge is 0.225 e. The van der Waals surface area contributed by atoms with E-state index in [4.69, 9.17) is 11.6 Å². The second-order valence-electron chi connectivity index (χ2n) is 5.40. The van der Waals surface area contributed by atoms with Crippen LogP contribution in [0.4, 0.5) is 0 Å². The fourth-order valence-corrected chi connectivity index (χ4v) is 2.69. The van der Waals surface area contributed by atoms with Crippen LogP contribution < -0.4 is 5.32 Å². The maximum atomic E-state index is 12.1. The van der Waals surface area contributed by atoms with E-state index in [1.54, 1.807) is 0 Å². The highest BCUT2D eigenvalue weighted by Crippen LogP contribution is 2.37. The highest BCUT2D eigenvalue weighted by atomic mass is 35.5. The van der Waals surface area contributed by atoms with Crippen molar-refractivity contribution < 1.29 is 4.79 Å². The number of nitrogens with one attached hydrogen (secondary N) is 1. The van der Waals surface area contributed by atoms with Gasteiger partial charge in [-0.15, -0.1) is 0 Å². The van der Waals surface area contributed by atoms with Gasteiger partial charge in [-0.2, -0.15) is 0 Å². The third-order valence-corrected chi connectivity index (χ3v) is 4.12. The number of carbonyl (C=O) groups is 1. The molecule has 2 rings (SSSR count). The van der Waals surface area contributed by atoms with Crippen molar-refractivity contribution in [3.63, 3.8) is 0 Å². The first-order chi connectivity index (χ1) is 8.60. The summed E-state index contributed by atoms with van der Waals surface area (Å²) in [6.45, 7) is 2.79. The van der Waals surface area contributed by atoms with Crippen LogP contribution in [0.5, 0.6) is 0 Å². The zero-order valence-corrected chi connectivity index (χ0v) is 11.6. The van der Waals surface area contributed by atoms with Crippen LogP contribution in [-0.2, 0) is 11.2 Å². The molecule has 0 bridgehead atoms. The summed E-state index contributed by atoms with van der Waals surface area (Å²) in [6, 6.07) is 7.78. The molecule has 1 amide bonds. The van der Waals surface area contributed by atoms with E-state index in [-0.39, 0.29) is 11.3 Å². The van der Waals surface area contributed by atoms with Crippen LogP contribution >= 0.6 is 11.6 Å². The first-order valence-electron chi connectivity index (χ1n) is 6.63. The summed E-state index contributed by atoms with van der Waals surface area (Å²) < 4.78 is 0. The molecule has 0 aromatic heterocycles. The quantitative estimate of drug-likeness (QED) is 0.886. The van der Waals surface area contributed by atoms with Crippen molar-refractivity contribution in [2.75, 3.05) is 6.54 Å². The molecule has 1 fully saturated rings. The van der Waals surface area contributed by atoms with Crippen LogP contribution in [-0.4, -0.2) is 12.5 Å². The first kappa shape index (κ1) is 13.4. The van der Waals surface area contributed by atoms with Crippen LogP contribution in [0.2, 0.25) is 5.02 Å². The minimum absolute atomic E-state index is 0.125. The van der Waals surface area contributed by atoms with Gasteiger partial charge in [0.1, 0.15) is 0 Å². The summed E-state index contributed by atoms with van der Waals surface area (Å²) in [5.41, 5.74) is 1.08. The fraction of sp³-hybridized carbons (Fsp3) is 0.533. The number of rotatable bonds is 4. The summed E-state index contributed by atoms with van der Waals surface area (Å²) >= 11 is 5.83. The van der Waals surface area contributed by atoms with Crippen molar-refractivity contribution in [2.45, 2.75) is 39.0 Å². The van der Waals surface area contributed by atoms with Crippen LogP contribution in [0.25, 0.3) is 0 Å². The number of hydrogen-bond donors (Lipinski definition) is 1. The van der Waals surface area contributed by atoms with E-state index in [0.29, 0.717) is 6.54 Å². The molecule has 1 aromatic carbocycles. The van der Waals surface area contributed by atoms with E-state index in [9.17, 15) is 4.79 Å². The number of amides is 1. The van der Waals surface area contributed by atoms with Gasteiger partial charge in [-0.1, -0.05) is 43.5 Å². The third-order valence-electron chi connectivity index (χ3n) is 3.87. The van der Waals surface area contributed by atoms with E-state index < -0.39 is 0 Å². The zero-order chi connectivity index (χ0) is 13.0. The van der Waals surface area contributed by atoms with Gasteiger partial charge in [0, 0.05) is 17.0 Å². The van der Waals surface area contributed by atoms with Gasteiger partial charge in [0.2, 0.25) is 5.91 Å². The molecule has 0 atom stereocenters. The molecule has 1 saturated carbocycles. The maximum absolute atomic E-state index is 12.1.